The molecule has 4 heteroatoms. The van der Waals surface area contributed by atoms with Crippen LogP contribution in [0.2, 0.25) is 0 Å². The van der Waals surface area contributed by atoms with Crippen molar-refractivity contribution < 1.29 is 9.90 Å². The molecular formula is C12H26N2O2. The first-order chi connectivity index (χ1) is 7.56. The lowest BCUT2D eigenvalue weighted by molar-refractivity contribution is -0.140. The van der Waals surface area contributed by atoms with Gasteiger partial charge in [0.15, 0.2) is 0 Å². The monoisotopic (exact) mass is 230 g/mol. The van der Waals surface area contributed by atoms with E-state index >= 15 is 0 Å². The Kier molecular flexibility index (Phi) is 8.21. The van der Waals surface area contributed by atoms with E-state index in [1.807, 2.05) is 6.92 Å². The highest BCUT2D eigenvalue weighted by molar-refractivity contribution is 5.73. The minimum absolute atomic E-state index is 0.440. The third-order valence-electron chi connectivity index (χ3n) is 2.98. The van der Waals surface area contributed by atoms with Gasteiger partial charge < -0.3 is 10.4 Å². The molecule has 0 heterocycles. The van der Waals surface area contributed by atoms with Crippen LogP contribution >= 0.6 is 0 Å². The lowest BCUT2D eigenvalue weighted by Crippen LogP contribution is -2.48. The summed E-state index contributed by atoms with van der Waals surface area (Å²) >= 11 is 0. The average Bonchev–Trinajstić information content (AvgIpc) is 2.28. The molecule has 2 atom stereocenters. The molecule has 0 aromatic carbocycles. The van der Waals surface area contributed by atoms with Crippen molar-refractivity contribution in [2.75, 3.05) is 19.6 Å². The molecule has 0 aromatic heterocycles. The maximum Gasteiger partial charge on any atom is 0.322 e. The molecule has 0 rings (SSSR count). The molecule has 2 N–H and O–H groups in total. The molecule has 0 aliphatic heterocycles. The van der Waals surface area contributed by atoms with Crippen molar-refractivity contribution in [3.05, 3.63) is 0 Å². The number of rotatable bonds is 9. The number of carboxylic acids is 1. The van der Waals surface area contributed by atoms with Crippen LogP contribution in [0.4, 0.5) is 0 Å². The van der Waals surface area contributed by atoms with Gasteiger partial charge in [0.05, 0.1) is 0 Å². The molecule has 0 saturated carbocycles. The fourth-order valence-electron chi connectivity index (χ4n) is 1.66. The Labute approximate surface area is 99.0 Å². The topological polar surface area (TPSA) is 52.6 Å². The molecule has 0 aromatic rings. The number of carbonyl (C=O) groups is 1. The quantitative estimate of drug-likeness (QED) is 0.631. The van der Waals surface area contributed by atoms with E-state index in [2.05, 4.69) is 31.0 Å². The highest BCUT2D eigenvalue weighted by atomic mass is 16.4. The minimum Gasteiger partial charge on any atom is -0.480 e. The van der Waals surface area contributed by atoms with Gasteiger partial charge in [-0.15, -0.1) is 0 Å². The maximum atomic E-state index is 11.1. The van der Waals surface area contributed by atoms with Crippen molar-refractivity contribution in [2.24, 2.45) is 0 Å². The summed E-state index contributed by atoms with van der Waals surface area (Å²) in [5.41, 5.74) is 0. The second kappa shape index (κ2) is 8.53. The van der Waals surface area contributed by atoms with E-state index < -0.39 is 12.0 Å². The zero-order valence-electron chi connectivity index (χ0n) is 11.0. The summed E-state index contributed by atoms with van der Waals surface area (Å²) in [5.74, 6) is -0.754. The van der Waals surface area contributed by atoms with Crippen LogP contribution in [0.3, 0.4) is 0 Å². The lowest BCUT2D eigenvalue weighted by Gasteiger charge is -2.29. The van der Waals surface area contributed by atoms with Crippen LogP contribution in [0.1, 0.15) is 40.5 Å². The van der Waals surface area contributed by atoms with Crippen LogP contribution in [0.5, 0.6) is 0 Å². The first-order valence-corrected chi connectivity index (χ1v) is 6.26. The number of aliphatic carboxylic acids is 1. The summed E-state index contributed by atoms with van der Waals surface area (Å²) in [5, 5.41) is 12.2. The number of carboxylic acid groups (broad SMARTS) is 1. The van der Waals surface area contributed by atoms with Crippen molar-refractivity contribution in [1.82, 2.24) is 10.2 Å². The molecule has 0 saturated heterocycles. The summed E-state index contributed by atoms with van der Waals surface area (Å²) in [6.45, 7) is 10.6. The van der Waals surface area contributed by atoms with Gasteiger partial charge in [-0.3, -0.25) is 9.69 Å². The lowest BCUT2D eigenvalue weighted by atomic mass is 10.2. The smallest absolute Gasteiger partial charge is 0.322 e. The Balaban J connectivity index is 4.28. The number of nitrogens with zero attached hydrogens (tertiary/aromatic N) is 1. The zero-order valence-corrected chi connectivity index (χ0v) is 11.0. The van der Waals surface area contributed by atoms with Gasteiger partial charge in [0.2, 0.25) is 0 Å². The first-order valence-electron chi connectivity index (χ1n) is 6.26. The molecule has 96 valence electrons. The van der Waals surface area contributed by atoms with Gasteiger partial charge in [0.1, 0.15) is 6.04 Å². The van der Waals surface area contributed by atoms with E-state index in [1.165, 1.54) is 0 Å². The van der Waals surface area contributed by atoms with E-state index in [0.29, 0.717) is 12.6 Å². The number of likely N-dealkylation sites (N-methyl/N-ethyl adjacent to an activating group) is 1. The van der Waals surface area contributed by atoms with Gasteiger partial charge >= 0.3 is 5.97 Å². The number of hydrogen-bond donors (Lipinski definition) is 2. The van der Waals surface area contributed by atoms with Gasteiger partial charge in [-0.05, 0) is 32.9 Å². The van der Waals surface area contributed by atoms with Gasteiger partial charge in [0.25, 0.3) is 0 Å². The Morgan fingerprint density at radius 1 is 1.38 bits per heavy atom. The van der Waals surface area contributed by atoms with Crippen molar-refractivity contribution in [3.8, 4) is 0 Å². The Hall–Kier alpha value is -0.610. The van der Waals surface area contributed by atoms with Gasteiger partial charge in [0, 0.05) is 12.6 Å². The predicted octanol–water partition coefficient (Wildman–Crippen LogP) is 1.56. The average molecular weight is 230 g/mol. The third kappa shape index (κ3) is 5.47. The van der Waals surface area contributed by atoms with Crippen molar-refractivity contribution in [3.63, 3.8) is 0 Å². The van der Waals surface area contributed by atoms with Crippen LogP contribution < -0.4 is 5.32 Å². The van der Waals surface area contributed by atoms with Crippen molar-refractivity contribution >= 4 is 5.97 Å². The Morgan fingerprint density at radius 3 is 2.38 bits per heavy atom. The van der Waals surface area contributed by atoms with E-state index in [9.17, 15) is 4.79 Å². The number of hydrogen-bond acceptors (Lipinski definition) is 3. The summed E-state index contributed by atoms with van der Waals surface area (Å²) < 4.78 is 0. The Morgan fingerprint density at radius 2 is 2.00 bits per heavy atom. The molecule has 0 aliphatic rings. The fraction of sp³-hybridized carbons (Fsp3) is 0.917. The molecule has 2 unspecified atom stereocenters. The molecule has 4 nitrogen and oxygen atoms in total. The van der Waals surface area contributed by atoms with Crippen LogP contribution in [-0.2, 0) is 4.79 Å². The molecule has 0 fully saturated rings. The highest BCUT2D eigenvalue weighted by Gasteiger charge is 2.21. The van der Waals surface area contributed by atoms with Gasteiger partial charge in [-0.25, -0.2) is 0 Å². The summed E-state index contributed by atoms with van der Waals surface area (Å²) in [6.07, 6.45) is 2.01. The predicted molar refractivity (Wildman–Crippen MR) is 66.7 cm³/mol. The van der Waals surface area contributed by atoms with Gasteiger partial charge in [-0.2, -0.15) is 0 Å². The molecule has 0 spiro atoms. The minimum atomic E-state index is -0.754. The standard InChI is InChI=1S/C12H26N2O2/c1-5-8-13-11(12(15)16)9-14(7-3)10(4)6-2/h10-11,13H,5-9H2,1-4H3,(H,15,16). The van der Waals surface area contributed by atoms with Crippen molar-refractivity contribution in [1.29, 1.82) is 0 Å². The highest BCUT2D eigenvalue weighted by Crippen LogP contribution is 2.04. The van der Waals surface area contributed by atoms with Crippen molar-refractivity contribution in [2.45, 2.75) is 52.6 Å². The Bertz CT molecular complexity index is 197. The molecule has 0 aliphatic carbocycles. The molecule has 0 radical (unpaired) electrons. The molecule has 0 bridgehead atoms. The van der Waals surface area contributed by atoms with E-state index in [-0.39, 0.29) is 0 Å². The largest absolute Gasteiger partial charge is 0.480 e. The SMILES string of the molecule is CCCNC(CN(CC)C(C)CC)C(=O)O. The van der Waals surface area contributed by atoms with Gasteiger partial charge in [-0.1, -0.05) is 20.8 Å². The second-order valence-corrected chi connectivity index (χ2v) is 4.19. The van der Waals surface area contributed by atoms with Crippen LogP contribution in [0.25, 0.3) is 0 Å². The van der Waals surface area contributed by atoms with E-state index in [0.717, 1.165) is 25.9 Å². The van der Waals surface area contributed by atoms with Crippen LogP contribution in [0.15, 0.2) is 0 Å². The number of nitrogens with one attached hydrogen (secondary N) is 1. The van der Waals surface area contributed by atoms with E-state index in [4.69, 9.17) is 5.11 Å². The van der Waals surface area contributed by atoms with Crippen LogP contribution in [0, 0.1) is 0 Å². The normalized spacial score (nSPS) is 15.1. The molecular weight excluding hydrogens is 204 g/mol. The maximum absolute atomic E-state index is 11.1. The summed E-state index contributed by atoms with van der Waals surface area (Å²) in [4.78, 5) is 13.3. The summed E-state index contributed by atoms with van der Waals surface area (Å²) in [6, 6.07) is -0.0100. The zero-order chi connectivity index (χ0) is 12.6. The summed E-state index contributed by atoms with van der Waals surface area (Å²) in [7, 11) is 0. The van der Waals surface area contributed by atoms with E-state index in [1.54, 1.807) is 0 Å². The second-order valence-electron chi connectivity index (χ2n) is 4.19. The van der Waals surface area contributed by atoms with Crippen LogP contribution in [-0.4, -0.2) is 47.7 Å². The third-order valence-corrected chi connectivity index (χ3v) is 2.98. The molecule has 0 amide bonds. The fourth-order valence-corrected chi connectivity index (χ4v) is 1.66. The first kappa shape index (κ1) is 15.4. The molecule has 16 heavy (non-hydrogen) atoms.